The lowest BCUT2D eigenvalue weighted by molar-refractivity contribution is -0.139. The predicted octanol–water partition coefficient (Wildman–Crippen LogP) is 2.65. The molecule has 31 heavy (non-hydrogen) atoms. The van der Waals surface area contributed by atoms with E-state index in [1.54, 1.807) is 43.3 Å². The van der Waals surface area contributed by atoms with Gasteiger partial charge in [-0.15, -0.1) is 0 Å². The lowest BCUT2D eigenvalue weighted by atomic mass is 9.89. The Kier molecular flexibility index (Phi) is 5.85. The third kappa shape index (κ3) is 4.36. The number of nitrogens with one attached hydrogen (secondary N) is 1. The molecule has 4 rings (SSSR count). The van der Waals surface area contributed by atoms with Crippen LogP contribution in [0.15, 0.2) is 53.4 Å². The van der Waals surface area contributed by atoms with Crippen molar-refractivity contribution in [2.24, 2.45) is 0 Å². The molecule has 0 bridgehead atoms. The second-order valence-electron chi connectivity index (χ2n) is 8.25. The highest BCUT2D eigenvalue weighted by molar-refractivity contribution is 7.89. The van der Waals surface area contributed by atoms with Gasteiger partial charge in [0.2, 0.25) is 10.0 Å². The zero-order chi connectivity index (χ0) is 22.1. The molecule has 0 radical (unpaired) electrons. The highest BCUT2D eigenvalue weighted by Crippen LogP contribution is 2.28. The molecule has 2 heterocycles. The highest BCUT2D eigenvalue weighted by atomic mass is 32.2. The van der Waals surface area contributed by atoms with Crippen molar-refractivity contribution in [1.82, 2.24) is 9.62 Å². The summed E-state index contributed by atoms with van der Waals surface area (Å²) in [5.41, 5.74) is 0.738. The Bertz CT molecular complexity index is 1090. The maximum absolute atomic E-state index is 12.8. The number of sulfonamides is 1. The maximum atomic E-state index is 12.8. The van der Waals surface area contributed by atoms with Gasteiger partial charge >= 0.3 is 5.97 Å². The van der Waals surface area contributed by atoms with E-state index in [9.17, 15) is 18.0 Å². The van der Waals surface area contributed by atoms with Crippen molar-refractivity contribution in [3.05, 3.63) is 65.2 Å². The molecule has 8 heteroatoms. The second-order valence-corrected chi connectivity index (χ2v) is 10.2. The smallest absolute Gasteiger partial charge is 0.339 e. The summed E-state index contributed by atoms with van der Waals surface area (Å²) in [6.07, 6.45) is 3.13. The zero-order valence-electron chi connectivity index (χ0n) is 17.5. The van der Waals surface area contributed by atoms with E-state index >= 15 is 0 Å². The predicted molar refractivity (Wildman–Crippen MR) is 115 cm³/mol. The molecule has 0 aromatic heterocycles. The number of piperidine rings is 1. The summed E-state index contributed by atoms with van der Waals surface area (Å²) >= 11 is 0. The molecule has 0 saturated carbocycles. The van der Waals surface area contributed by atoms with Crippen LogP contribution in [0.1, 0.15) is 47.7 Å². The van der Waals surface area contributed by atoms with Crippen molar-refractivity contribution in [3.8, 4) is 0 Å². The van der Waals surface area contributed by atoms with E-state index in [1.807, 2.05) is 12.1 Å². The van der Waals surface area contributed by atoms with E-state index in [0.29, 0.717) is 25.1 Å². The first-order chi connectivity index (χ1) is 14.8. The number of rotatable bonds is 5. The lowest BCUT2D eigenvalue weighted by Crippen LogP contribution is -2.51. The fourth-order valence-electron chi connectivity index (χ4n) is 4.06. The van der Waals surface area contributed by atoms with E-state index in [1.165, 1.54) is 4.31 Å². The zero-order valence-corrected chi connectivity index (χ0v) is 18.3. The van der Waals surface area contributed by atoms with E-state index in [0.717, 1.165) is 30.4 Å². The van der Waals surface area contributed by atoms with Crippen LogP contribution in [0.2, 0.25) is 0 Å². The summed E-state index contributed by atoms with van der Waals surface area (Å²) in [6, 6.07) is 13.6. The summed E-state index contributed by atoms with van der Waals surface area (Å²) in [4.78, 5) is 25.3. The van der Waals surface area contributed by atoms with Crippen molar-refractivity contribution in [1.29, 1.82) is 0 Å². The Hall–Kier alpha value is -2.71. The van der Waals surface area contributed by atoms with Gasteiger partial charge in [0.05, 0.1) is 10.5 Å². The molecule has 0 spiro atoms. The molecule has 1 amide bonds. The molecular weight excluding hydrogens is 416 g/mol. The van der Waals surface area contributed by atoms with Crippen molar-refractivity contribution in [2.75, 3.05) is 13.1 Å². The van der Waals surface area contributed by atoms with Crippen LogP contribution >= 0.6 is 0 Å². The van der Waals surface area contributed by atoms with Crippen molar-refractivity contribution < 1.29 is 22.7 Å². The lowest BCUT2D eigenvalue weighted by Gasteiger charge is -2.33. The first-order valence-corrected chi connectivity index (χ1v) is 11.9. The van der Waals surface area contributed by atoms with E-state index in [4.69, 9.17) is 4.74 Å². The largest absolute Gasteiger partial charge is 0.445 e. The van der Waals surface area contributed by atoms with Crippen LogP contribution in [0.3, 0.4) is 0 Å². The van der Waals surface area contributed by atoms with Gasteiger partial charge in [-0.2, -0.15) is 4.31 Å². The fraction of sp³-hybridized carbons (Fsp3) is 0.391. The average Bonchev–Trinajstić information content (AvgIpc) is 2.78. The molecule has 7 nitrogen and oxygen atoms in total. The number of fused-ring (bicyclic) bond motifs is 1. The number of hydrogen-bond donors (Lipinski definition) is 1. The van der Waals surface area contributed by atoms with Gasteiger partial charge in [-0.3, -0.25) is 4.79 Å². The minimum absolute atomic E-state index is 0.206. The molecule has 1 fully saturated rings. The minimum atomic E-state index is -3.48. The summed E-state index contributed by atoms with van der Waals surface area (Å²) < 4.78 is 32.5. The van der Waals surface area contributed by atoms with Crippen molar-refractivity contribution in [2.45, 2.75) is 49.6 Å². The first-order valence-electron chi connectivity index (χ1n) is 10.5. The van der Waals surface area contributed by atoms with Gasteiger partial charge in [0, 0.05) is 26.1 Å². The van der Waals surface area contributed by atoms with E-state index < -0.39 is 21.6 Å². The molecule has 1 saturated heterocycles. The van der Waals surface area contributed by atoms with Gasteiger partial charge < -0.3 is 10.1 Å². The van der Waals surface area contributed by atoms with Crippen LogP contribution in [-0.4, -0.2) is 43.3 Å². The normalized spacial score (nSPS) is 21.8. The SMILES string of the molecule is CC1(C(=O)NCc2ccc(S(=O)(=O)N3CCCCC3)cc2)Cc2ccccc2C(=O)O1. The summed E-state index contributed by atoms with van der Waals surface area (Å²) in [7, 11) is -3.48. The number of benzene rings is 2. The van der Waals surface area contributed by atoms with Gasteiger partial charge in [0.25, 0.3) is 5.91 Å². The summed E-state index contributed by atoms with van der Waals surface area (Å²) in [5, 5.41) is 2.81. The van der Waals surface area contributed by atoms with Gasteiger partial charge in [-0.1, -0.05) is 36.8 Å². The van der Waals surface area contributed by atoms with E-state index in [2.05, 4.69) is 5.32 Å². The fourth-order valence-corrected chi connectivity index (χ4v) is 5.58. The first kappa shape index (κ1) is 21.5. The standard InChI is InChI=1S/C23H26N2O5S/c1-23(15-18-7-3-4-8-20(18)21(26)30-23)22(27)24-16-17-9-11-19(12-10-17)31(28,29)25-13-5-2-6-14-25/h3-4,7-12H,2,5-6,13-16H2,1H3,(H,24,27). The quantitative estimate of drug-likeness (QED) is 0.719. The van der Waals surface area contributed by atoms with Crippen molar-refractivity contribution >= 4 is 21.9 Å². The second kappa shape index (κ2) is 8.43. The van der Waals surface area contributed by atoms with Crippen molar-refractivity contribution in [3.63, 3.8) is 0 Å². The third-order valence-electron chi connectivity index (χ3n) is 5.89. The van der Waals surface area contributed by atoms with E-state index in [-0.39, 0.29) is 17.3 Å². The molecule has 2 aliphatic rings. The number of hydrogen-bond acceptors (Lipinski definition) is 5. The third-order valence-corrected chi connectivity index (χ3v) is 7.81. The summed E-state index contributed by atoms with van der Waals surface area (Å²) in [5.74, 6) is -0.896. The average molecular weight is 443 g/mol. The number of esters is 1. The number of amides is 1. The molecule has 1 unspecified atom stereocenters. The monoisotopic (exact) mass is 442 g/mol. The van der Waals surface area contributed by atoms with Gasteiger partial charge in [-0.05, 0) is 49.1 Å². The topological polar surface area (TPSA) is 92.8 Å². The maximum Gasteiger partial charge on any atom is 0.339 e. The molecular formula is C23H26N2O5S. The number of nitrogens with zero attached hydrogens (tertiary/aromatic N) is 1. The molecule has 164 valence electrons. The van der Waals surface area contributed by atoms with Crippen LogP contribution in [0.25, 0.3) is 0 Å². The van der Waals surface area contributed by atoms with Crippen LogP contribution in [-0.2, 0) is 32.5 Å². The Morgan fingerprint density at radius 1 is 1.06 bits per heavy atom. The number of ether oxygens (including phenoxy) is 1. The van der Waals surface area contributed by atoms with Gasteiger partial charge in [-0.25, -0.2) is 13.2 Å². The van der Waals surface area contributed by atoms with Crippen LogP contribution in [0.5, 0.6) is 0 Å². The highest BCUT2D eigenvalue weighted by Gasteiger charge is 2.42. The Morgan fingerprint density at radius 2 is 1.74 bits per heavy atom. The van der Waals surface area contributed by atoms with Crippen LogP contribution in [0, 0.1) is 0 Å². The van der Waals surface area contributed by atoms with Crippen LogP contribution < -0.4 is 5.32 Å². The van der Waals surface area contributed by atoms with Gasteiger partial charge in [0.1, 0.15) is 0 Å². The molecule has 1 N–H and O–H groups in total. The Balaban J connectivity index is 1.40. The molecule has 0 aliphatic carbocycles. The molecule has 1 atom stereocenters. The number of cyclic esters (lactones) is 1. The Labute approximate surface area is 182 Å². The van der Waals surface area contributed by atoms with Gasteiger partial charge in [0.15, 0.2) is 5.60 Å². The Morgan fingerprint density at radius 3 is 2.45 bits per heavy atom. The number of carbonyl (C=O) groups excluding carboxylic acids is 2. The van der Waals surface area contributed by atoms with Crippen LogP contribution in [0.4, 0.5) is 0 Å². The molecule has 2 aromatic rings. The summed E-state index contributed by atoms with van der Waals surface area (Å²) in [6.45, 7) is 2.92. The minimum Gasteiger partial charge on any atom is -0.445 e. The molecule has 2 aliphatic heterocycles. The molecule has 2 aromatic carbocycles. The number of carbonyl (C=O) groups is 2.